The van der Waals surface area contributed by atoms with Gasteiger partial charge in [-0.05, 0) is 59.0 Å². The van der Waals surface area contributed by atoms with Gasteiger partial charge in [-0.25, -0.2) is 8.42 Å². The minimum atomic E-state index is -3.82. The van der Waals surface area contributed by atoms with Crippen LogP contribution in [0.5, 0.6) is 0 Å². The highest BCUT2D eigenvalue weighted by Gasteiger charge is 2.34. The molecule has 1 atom stereocenters. The van der Waals surface area contributed by atoms with Crippen molar-refractivity contribution in [2.24, 2.45) is 0 Å². The van der Waals surface area contributed by atoms with E-state index in [2.05, 4.69) is 21.2 Å². The summed E-state index contributed by atoms with van der Waals surface area (Å²) in [5.74, 6) is -0.666. The summed E-state index contributed by atoms with van der Waals surface area (Å²) in [5, 5.41) is 3.22. The summed E-state index contributed by atoms with van der Waals surface area (Å²) in [5.41, 5.74) is 3.19. The lowest BCUT2D eigenvalue weighted by molar-refractivity contribution is -0.140. The molecule has 1 aliphatic carbocycles. The molecule has 1 N–H and O–H groups in total. The van der Waals surface area contributed by atoms with Crippen molar-refractivity contribution in [2.45, 2.75) is 64.1 Å². The molecular weight excluding hydrogens is 602 g/mol. The van der Waals surface area contributed by atoms with Gasteiger partial charge in [0.15, 0.2) is 0 Å². The first-order chi connectivity index (χ1) is 19.6. The van der Waals surface area contributed by atoms with Gasteiger partial charge < -0.3 is 10.2 Å². The molecular formula is C32H38BrN3O4S. The lowest BCUT2D eigenvalue weighted by Crippen LogP contribution is -2.55. The Morgan fingerprint density at radius 1 is 0.927 bits per heavy atom. The van der Waals surface area contributed by atoms with Gasteiger partial charge in [-0.3, -0.25) is 13.9 Å². The second-order valence-electron chi connectivity index (χ2n) is 10.8. The summed E-state index contributed by atoms with van der Waals surface area (Å²) in [6.07, 6.45) is 6.52. The van der Waals surface area contributed by atoms with Crippen LogP contribution in [0.2, 0.25) is 0 Å². The van der Waals surface area contributed by atoms with Crippen molar-refractivity contribution in [3.8, 4) is 0 Å². The van der Waals surface area contributed by atoms with E-state index >= 15 is 0 Å². The maximum Gasteiger partial charge on any atom is 0.244 e. The number of anilines is 1. The molecule has 41 heavy (non-hydrogen) atoms. The predicted octanol–water partition coefficient (Wildman–Crippen LogP) is 5.61. The zero-order valence-electron chi connectivity index (χ0n) is 23.6. The number of hydrogen-bond donors (Lipinski definition) is 1. The van der Waals surface area contributed by atoms with Crippen LogP contribution >= 0.6 is 15.9 Å². The number of carbonyl (C=O) groups is 2. The van der Waals surface area contributed by atoms with E-state index in [9.17, 15) is 18.0 Å². The van der Waals surface area contributed by atoms with Crippen LogP contribution in [0.1, 0.15) is 48.8 Å². The van der Waals surface area contributed by atoms with Gasteiger partial charge in [-0.15, -0.1) is 0 Å². The molecule has 3 aromatic rings. The van der Waals surface area contributed by atoms with Crippen LogP contribution in [0.4, 0.5) is 5.69 Å². The fourth-order valence-electron chi connectivity index (χ4n) is 5.35. The number of carbonyl (C=O) groups excluding carboxylic acids is 2. The van der Waals surface area contributed by atoms with Crippen molar-refractivity contribution < 1.29 is 18.0 Å². The molecule has 0 saturated heterocycles. The number of amides is 2. The van der Waals surface area contributed by atoms with Crippen LogP contribution in [0, 0.1) is 6.92 Å². The second-order valence-corrected chi connectivity index (χ2v) is 13.5. The highest BCUT2D eigenvalue weighted by molar-refractivity contribution is 9.10. The second kappa shape index (κ2) is 14.1. The van der Waals surface area contributed by atoms with Crippen LogP contribution in [0.25, 0.3) is 0 Å². The van der Waals surface area contributed by atoms with E-state index in [-0.39, 0.29) is 18.5 Å². The van der Waals surface area contributed by atoms with E-state index < -0.39 is 28.5 Å². The number of nitrogens with one attached hydrogen (secondary N) is 1. The molecule has 218 valence electrons. The quantitative estimate of drug-likeness (QED) is 0.295. The lowest BCUT2D eigenvalue weighted by Gasteiger charge is -2.35. The third kappa shape index (κ3) is 8.66. The van der Waals surface area contributed by atoms with Gasteiger partial charge in [0.2, 0.25) is 21.8 Å². The van der Waals surface area contributed by atoms with E-state index in [1.165, 1.54) is 0 Å². The normalized spacial score (nSPS) is 14.7. The molecule has 7 nitrogen and oxygen atoms in total. The van der Waals surface area contributed by atoms with E-state index in [0.29, 0.717) is 16.6 Å². The maximum absolute atomic E-state index is 14.2. The highest BCUT2D eigenvalue weighted by atomic mass is 79.9. The van der Waals surface area contributed by atoms with Crippen molar-refractivity contribution in [1.82, 2.24) is 10.2 Å². The SMILES string of the molecule is Cc1cccc(CN(C(=O)CN(c2ccccc2Br)S(C)(=O)=O)C(Cc2ccccc2)C(=O)NC2CCCCC2)c1. The smallest absolute Gasteiger partial charge is 0.244 e. The van der Waals surface area contributed by atoms with E-state index in [1.54, 1.807) is 29.2 Å². The Morgan fingerprint density at radius 3 is 2.24 bits per heavy atom. The molecule has 0 bridgehead atoms. The standard InChI is InChI=1S/C32H38BrN3O4S/c1-24-12-11-15-26(20-24)22-35(31(37)23-36(41(2,39)40)29-19-10-9-18-28(29)33)30(21-25-13-5-3-6-14-25)32(38)34-27-16-7-4-8-17-27/h3,5-6,9-15,18-20,27,30H,4,7-8,16-17,21-23H2,1-2H3,(H,34,38). The minimum absolute atomic E-state index is 0.0678. The monoisotopic (exact) mass is 639 g/mol. The van der Waals surface area contributed by atoms with E-state index in [4.69, 9.17) is 0 Å². The van der Waals surface area contributed by atoms with Crippen molar-refractivity contribution in [3.63, 3.8) is 0 Å². The zero-order valence-corrected chi connectivity index (χ0v) is 26.0. The van der Waals surface area contributed by atoms with Crippen molar-refractivity contribution in [1.29, 1.82) is 0 Å². The van der Waals surface area contributed by atoms with Gasteiger partial charge in [0, 0.05) is 23.5 Å². The molecule has 1 fully saturated rings. The third-order valence-corrected chi connectivity index (χ3v) is 9.26. The lowest BCUT2D eigenvalue weighted by atomic mass is 9.94. The van der Waals surface area contributed by atoms with E-state index in [1.807, 2.05) is 61.5 Å². The third-order valence-electron chi connectivity index (χ3n) is 7.46. The molecule has 0 radical (unpaired) electrons. The van der Waals surface area contributed by atoms with Gasteiger partial charge >= 0.3 is 0 Å². The molecule has 9 heteroatoms. The molecule has 1 aliphatic rings. The van der Waals surface area contributed by atoms with Gasteiger partial charge in [-0.2, -0.15) is 0 Å². The first kappa shape index (κ1) is 30.8. The Labute approximate surface area is 252 Å². The van der Waals surface area contributed by atoms with Crippen LogP contribution in [0.3, 0.4) is 0 Å². The predicted molar refractivity (Wildman–Crippen MR) is 167 cm³/mol. The van der Waals surface area contributed by atoms with Gasteiger partial charge in [-0.1, -0.05) is 91.6 Å². The molecule has 0 spiro atoms. The summed E-state index contributed by atoms with van der Waals surface area (Å²) in [7, 11) is -3.82. The van der Waals surface area contributed by atoms with Crippen molar-refractivity contribution >= 4 is 43.5 Å². The topological polar surface area (TPSA) is 86.8 Å². The maximum atomic E-state index is 14.2. The minimum Gasteiger partial charge on any atom is -0.352 e. The first-order valence-corrected chi connectivity index (χ1v) is 16.7. The molecule has 0 aliphatic heterocycles. The fourth-order valence-corrected chi connectivity index (χ4v) is 6.83. The number of sulfonamides is 1. The fraction of sp³-hybridized carbons (Fsp3) is 0.375. The van der Waals surface area contributed by atoms with Gasteiger partial charge in [0.1, 0.15) is 12.6 Å². The number of aryl methyl sites for hydroxylation is 1. The molecule has 0 heterocycles. The summed E-state index contributed by atoms with van der Waals surface area (Å²) in [4.78, 5) is 29.8. The Balaban J connectivity index is 1.73. The number of para-hydroxylation sites is 1. The average molecular weight is 641 g/mol. The van der Waals surface area contributed by atoms with E-state index in [0.717, 1.165) is 59.4 Å². The Kier molecular flexibility index (Phi) is 10.6. The zero-order chi connectivity index (χ0) is 29.4. The number of halogens is 1. The average Bonchev–Trinajstić information content (AvgIpc) is 2.94. The van der Waals surface area contributed by atoms with Crippen LogP contribution in [-0.4, -0.2) is 50.0 Å². The van der Waals surface area contributed by atoms with Crippen LogP contribution in [0.15, 0.2) is 83.3 Å². The molecule has 0 aromatic heterocycles. The Bertz CT molecular complexity index is 1440. The Hall–Kier alpha value is -3.17. The number of hydrogen-bond acceptors (Lipinski definition) is 4. The number of nitrogens with zero attached hydrogens (tertiary/aromatic N) is 2. The van der Waals surface area contributed by atoms with Crippen molar-refractivity contribution in [2.75, 3.05) is 17.1 Å². The van der Waals surface area contributed by atoms with Gasteiger partial charge in [0.25, 0.3) is 0 Å². The molecule has 4 rings (SSSR count). The summed E-state index contributed by atoms with van der Waals surface area (Å²) >= 11 is 3.43. The van der Waals surface area contributed by atoms with Gasteiger partial charge in [0.05, 0.1) is 11.9 Å². The summed E-state index contributed by atoms with van der Waals surface area (Å²) in [6, 6.07) is 23.6. The largest absolute Gasteiger partial charge is 0.352 e. The summed E-state index contributed by atoms with van der Waals surface area (Å²) in [6.45, 7) is 1.71. The first-order valence-electron chi connectivity index (χ1n) is 14.0. The molecule has 1 unspecified atom stereocenters. The van der Waals surface area contributed by atoms with Crippen LogP contribution in [-0.2, 0) is 32.6 Å². The highest BCUT2D eigenvalue weighted by Crippen LogP contribution is 2.28. The summed E-state index contributed by atoms with van der Waals surface area (Å²) < 4.78 is 27.6. The molecule has 2 amide bonds. The van der Waals surface area contributed by atoms with Crippen LogP contribution < -0.4 is 9.62 Å². The molecule has 3 aromatic carbocycles. The Morgan fingerprint density at radius 2 is 1.59 bits per heavy atom. The number of rotatable bonds is 11. The van der Waals surface area contributed by atoms with Crippen molar-refractivity contribution in [3.05, 3.63) is 100 Å². The molecule has 1 saturated carbocycles. The number of benzene rings is 3.